The van der Waals surface area contributed by atoms with E-state index in [2.05, 4.69) is 86.8 Å². The van der Waals surface area contributed by atoms with Crippen molar-refractivity contribution in [1.82, 2.24) is 0 Å². The van der Waals surface area contributed by atoms with Gasteiger partial charge in [-0.05, 0) is 83.5 Å². The summed E-state index contributed by atoms with van der Waals surface area (Å²) >= 11 is 0. The first-order chi connectivity index (χ1) is 24.8. The van der Waals surface area contributed by atoms with Crippen LogP contribution in [0.25, 0.3) is 0 Å². The van der Waals surface area contributed by atoms with Gasteiger partial charge < -0.3 is 20.1 Å². The average molecular weight is 736 g/mol. The van der Waals surface area contributed by atoms with Crippen molar-refractivity contribution in [2.45, 2.75) is 148 Å². The van der Waals surface area contributed by atoms with Gasteiger partial charge in [0.05, 0.1) is 13.2 Å². The highest BCUT2D eigenvalue weighted by molar-refractivity contribution is 7.47. The number of nitrogens with two attached hydrogens (primary N) is 1. The van der Waals surface area contributed by atoms with Crippen LogP contribution in [0.4, 0.5) is 0 Å². The summed E-state index contributed by atoms with van der Waals surface area (Å²) in [7, 11) is -4.39. The molecule has 3 N–H and O–H groups in total. The lowest BCUT2D eigenvalue weighted by Crippen LogP contribution is -2.29. The zero-order chi connectivity index (χ0) is 37.5. The van der Waals surface area contributed by atoms with Crippen molar-refractivity contribution < 1.29 is 37.6 Å². The molecule has 51 heavy (non-hydrogen) atoms. The predicted octanol–water partition coefficient (Wildman–Crippen LogP) is 10.7. The molecule has 0 aromatic carbocycles. The second-order valence-electron chi connectivity index (χ2n) is 12.4. The summed E-state index contributed by atoms with van der Waals surface area (Å²) in [5.74, 6) is -0.902. The normalized spacial score (nSPS) is 14.2. The van der Waals surface area contributed by atoms with Gasteiger partial charge in [0.25, 0.3) is 0 Å². The van der Waals surface area contributed by atoms with Crippen LogP contribution >= 0.6 is 7.82 Å². The number of esters is 2. The summed E-state index contributed by atoms with van der Waals surface area (Å²) in [4.78, 5) is 34.7. The van der Waals surface area contributed by atoms with E-state index in [9.17, 15) is 19.0 Å². The molecule has 0 bridgehead atoms. The molecule has 0 aliphatic carbocycles. The number of carbonyl (C=O) groups excluding carboxylic acids is 2. The van der Waals surface area contributed by atoms with Gasteiger partial charge in [0.15, 0.2) is 6.10 Å². The number of phosphoric ester groups is 1. The van der Waals surface area contributed by atoms with Gasteiger partial charge in [-0.3, -0.25) is 18.6 Å². The minimum absolute atomic E-state index is 0.0408. The standard InChI is InChI=1S/C41H70NO8P/c1-3-5-7-9-11-13-15-17-19-21-23-25-27-29-31-33-40(43)47-37-39(38-49-51(45,46)48-36-35-42)50-41(44)34-32-30-28-26-24-22-20-18-16-14-12-10-8-6-4-2/h5,7,11-14,17-20,24,26,39H,3-4,6,8-10,15-16,21-23,25,27-38,42H2,1-2H3,(H,45,46)/t39-/m1/s1. The van der Waals surface area contributed by atoms with Crippen LogP contribution in [0.2, 0.25) is 0 Å². The topological polar surface area (TPSA) is 134 Å². The van der Waals surface area contributed by atoms with Gasteiger partial charge in [-0.15, -0.1) is 0 Å². The quantitative estimate of drug-likeness (QED) is 0.0282. The molecule has 0 aliphatic heterocycles. The molecule has 0 aromatic rings. The second-order valence-corrected chi connectivity index (χ2v) is 13.9. The smallest absolute Gasteiger partial charge is 0.462 e. The average Bonchev–Trinajstić information content (AvgIpc) is 3.11. The molecule has 0 aromatic heterocycles. The largest absolute Gasteiger partial charge is 0.472 e. The first kappa shape index (κ1) is 48.5. The Kier molecular flexibility index (Phi) is 35.4. The summed E-state index contributed by atoms with van der Waals surface area (Å²) in [6, 6.07) is 0. The van der Waals surface area contributed by atoms with Crippen molar-refractivity contribution in [3.63, 3.8) is 0 Å². The van der Waals surface area contributed by atoms with E-state index in [0.29, 0.717) is 12.8 Å². The monoisotopic (exact) mass is 735 g/mol. The summed E-state index contributed by atoms with van der Waals surface area (Å²) in [6.45, 7) is 3.49. The number of hydrogen-bond acceptors (Lipinski definition) is 8. The highest BCUT2D eigenvalue weighted by Crippen LogP contribution is 2.43. The number of rotatable bonds is 35. The van der Waals surface area contributed by atoms with E-state index >= 15 is 0 Å². The van der Waals surface area contributed by atoms with E-state index in [0.717, 1.165) is 83.5 Å². The van der Waals surface area contributed by atoms with Crippen molar-refractivity contribution in [1.29, 1.82) is 0 Å². The highest BCUT2D eigenvalue weighted by Gasteiger charge is 2.25. The Morgan fingerprint density at radius 1 is 0.608 bits per heavy atom. The second kappa shape index (κ2) is 37.2. The summed E-state index contributed by atoms with van der Waals surface area (Å²) in [5, 5.41) is 0. The Hall–Kier alpha value is -2.55. The fourth-order valence-corrected chi connectivity index (χ4v) is 5.48. The minimum Gasteiger partial charge on any atom is -0.462 e. The van der Waals surface area contributed by atoms with E-state index < -0.39 is 32.5 Å². The van der Waals surface area contributed by atoms with Gasteiger partial charge in [-0.2, -0.15) is 0 Å². The third kappa shape index (κ3) is 37.0. The lowest BCUT2D eigenvalue weighted by atomic mass is 10.1. The third-order valence-electron chi connectivity index (χ3n) is 7.58. The maximum atomic E-state index is 12.5. The molecule has 2 atom stereocenters. The van der Waals surface area contributed by atoms with Crippen LogP contribution < -0.4 is 5.73 Å². The molecule has 0 amide bonds. The van der Waals surface area contributed by atoms with E-state index in [-0.39, 0.29) is 32.6 Å². The Morgan fingerprint density at radius 3 is 1.65 bits per heavy atom. The van der Waals surface area contributed by atoms with Crippen molar-refractivity contribution in [3.05, 3.63) is 72.9 Å². The summed E-state index contributed by atoms with van der Waals surface area (Å²) in [5.41, 5.74) is 5.33. The Balaban J connectivity index is 4.33. The Bertz CT molecular complexity index is 1070. The Morgan fingerprint density at radius 2 is 1.08 bits per heavy atom. The SMILES string of the molecule is CCC=CCC=CCC=CCCCCCCCC(=O)OC[C@H](COP(=O)(O)OCCN)OC(=O)CCCCC=CCC=CCC=CCCCCC. The number of allylic oxidation sites excluding steroid dienone is 12. The first-order valence-electron chi connectivity index (χ1n) is 19.4. The molecular formula is C41H70NO8P. The molecule has 9 nitrogen and oxygen atoms in total. The minimum atomic E-state index is -4.39. The van der Waals surface area contributed by atoms with E-state index in [1.165, 1.54) is 19.3 Å². The molecule has 292 valence electrons. The maximum absolute atomic E-state index is 12.5. The van der Waals surface area contributed by atoms with Crippen LogP contribution in [0.5, 0.6) is 0 Å². The fraction of sp³-hybridized carbons (Fsp3) is 0.659. The molecule has 0 radical (unpaired) electrons. The molecule has 1 unspecified atom stereocenters. The van der Waals surface area contributed by atoms with Gasteiger partial charge >= 0.3 is 19.8 Å². The lowest BCUT2D eigenvalue weighted by Gasteiger charge is -2.19. The van der Waals surface area contributed by atoms with Crippen molar-refractivity contribution in [2.75, 3.05) is 26.4 Å². The van der Waals surface area contributed by atoms with Crippen LogP contribution in [0.1, 0.15) is 142 Å². The van der Waals surface area contributed by atoms with Crippen LogP contribution in [0, 0.1) is 0 Å². The maximum Gasteiger partial charge on any atom is 0.472 e. The lowest BCUT2D eigenvalue weighted by molar-refractivity contribution is -0.161. The van der Waals surface area contributed by atoms with Gasteiger partial charge in [0.1, 0.15) is 6.61 Å². The zero-order valence-electron chi connectivity index (χ0n) is 31.8. The molecule has 0 rings (SSSR count). The van der Waals surface area contributed by atoms with E-state index in [4.69, 9.17) is 24.3 Å². The Labute approximate surface area is 310 Å². The molecule has 0 aliphatic rings. The number of carbonyl (C=O) groups is 2. The number of hydrogen-bond donors (Lipinski definition) is 2. The summed E-state index contributed by atoms with van der Waals surface area (Å²) < 4.78 is 32.6. The van der Waals surface area contributed by atoms with Gasteiger partial charge in [0.2, 0.25) is 0 Å². The highest BCUT2D eigenvalue weighted by atomic mass is 31.2. The number of unbranched alkanes of at least 4 members (excludes halogenated alkanes) is 10. The van der Waals surface area contributed by atoms with Crippen LogP contribution in [0.15, 0.2) is 72.9 Å². The summed E-state index contributed by atoms with van der Waals surface area (Å²) in [6.07, 6.45) is 43.6. The first-order valence-corrected chi connectivity index (χ1v) is 20.9. The predicted molar refractivity (Wildman–Crippen MR) is 210 cm³/mol. The van der Waals surface area contributed by atoms with Crippen LogP contribution in [0.3, 0.4) is 0 Å². The number of phosphoric acid groups is 1. The third-order valence-corrected chi connectivity index (χ3v) is 8.56. The van der Waals surface area contributed by atoms with E-state index in [1.807, 2.05) is 0 Å². The molecule has 10 heteroatoms. The van der Waals surface area contributed by atoms with Crippen LogP contribution in [-0.2, 0) is 32.7 Å². The van der Waals surface area contributed by atoms with Gasteiger partial charge in [-0.1, -0.05) is 119 Å². The molecule has 0 fully saturated rings. The van der Waals surface area contributed by atoms with Gasteiger partial charge in [-0.25, -0.2) is 4.57 Å². The van der Waals surface area contributed by atoms with Gasteiger partial charge in [0, 0.05) is 19.4 Å². The van der Waals surface area contributed by atoms with Crippen molar-refractivity contribution >= 4 is 19.8 Å². The van der Waals surface area contributed by atoms with Crippen molar-refractivity contribution in [3.8, 4) is 0 Å². The fourth-order valence-electron chi connectivity index (χ4n) is 4.71. The number of ether oxygens (including phenoxy) is 2. The van der Waals surface area contributed by atoms with Crippen LogP contribution in [-0.4, -0.2) is 49.3 Å². The van der Waals surface area contributed by atoms with Crippen molar-refractivity contribution in [2.24, 2.45) is 5.73 Å². The molecule has 0 spiro atoms. The molecule has 0 saturated heterocycles. The molecule has 0 heterocycles. The zero-order valence-corrected chi connectivity index (χ0v) is 32.7. The molecular weight excluding hydrogens is 665 g/mol. The van der Waals surface area contributed by atoms with E-state index in [1.54, 1.807) is 0 Å². The molecule has 0 saturated carbocycles.